The molecule has 0 unspecified atom stereocenters. The van der Waals surface area contributed by atoms with Crippen molar-refractivity contribution < 1.29 is 13.2 Å². The molecule has 1 amide bonds. The lowest BCUT2D eigenvalue weighted by atomic mass is 9.96. The lowest BCUT2D eigenvalue weighted by molar-refractivity contribution is -0.123. The van der Waals surface area contributed by atoms with Crippen LogP contribution in [0, 0.1) is 19.8 Å². The van der Waals surface area contributed by atoms with E-state index in [1.807, 2.05) is 37.3 Å². The molecule has 6 nitrogen and oxygen atoms in total. The Hall–Kier alpha value is -2.29. The van der Waals surface area contributed by atoms with Crippen LogP contribution in [0.15, 0.2) is 42.5 Å². The Morgan fingerprint density at radius 2 is 1.84 bits per heavy atom. The van der Waals surface area contributed by atoms with Crippen LogP contribution in [-0.2, 0) is 21.4 Å². The van der Waals surface area contributed by atoms with Crippen molar-refractivity contribution >= 4 is 42.6 Å². The van der Waals surface area contributed by atoms with Crippen LogP contribution in [-0.4, -0.2) is 42.5 Å². The Balaban J connectivity index is 1.63. The minimum Gasteiger partial charge on any atom is -0.283 e. The minimum absolute atomic E-state index is 0.0239. The maximum absolute atomic E-state index is 13.7. The van der Waals surface area contributed by atoms with Gasteiger partial charge in [0.15, 0.2) is 5.13 Å². The highest BCUT2D eigenvalue weighted by Gasteiger charge is 2.34. The van der Waals surface area contributed by atoms with E-state index in [2.05, 4.69) is 19.1 Å². The first-order chi connectivity index (χ1) is 15.3. The van der Waals surface area contributed by atoms with Crippen molar-refractivity contribution in [2.75, 3.05) is 23.7 Å². The molecule has 1 saturated heterocycles. The van der Waals surface area contributed by atoms with Gasteiger partial charge in [-0.05, 0) is 56.4 Å². The van der Waals surface area contributed by atoms with Crippen LogP contribution in [0.3, 0.4) is 0 Å². The summed E-state index contributed by atoms with van der Waals surface area (Å²) in [6, 6.07) is 14.2. The monoisotopic (exact) mass is 471 g/mol. The molecule has 0 aliphatic carbocycles. The number of carbonyl (C=O) groups excluding carboxylic acids is 1. The second-order valence-corrected chi connectivity index (χ2v) is 11.7. The fraction of sp³-hybridized carbons (Fsp3) is 0.417. The highest BCUT2D eigenvalue weighted by molar-refractivity contribution is 7.89. The molecule has 2 heterocycles. The second-order valence-electron chi connectivity index (χ2n) is 8.41. The van der Waals surface area contributed by atoms with Gasteiger partial charge in [-0.15, -0.1) is 0 Å². The van der Waals surface area contributed by atoms with Crippen molar-refractivity contribution in [1.29, 1.82) is 0 Å². The number of piperidine rings is 1. The van der Waals surface area contributed by atoms with Crippen molar-refractivity contribution in [2.24, 2.45) is 5.92 Å². The molecular formula is C24H29N3O3S2. The molecule has 32 heavy (non-hydrogen) atoms. The summed E-state index contributed by atoms with van der Waals surface area (Å²) in [5.74, 6) is -0.0939. The molecule has 0 radical (unpaired) electrons. The molecule has 0 spiro atoms. The van der Waals surface area contributed by atoms with Gasteiger partial charge in [-0.3, -0.25) is 9.69 Å². The Morgan fingerprint density at radius 1 is 1.16 bits per heavy atom. The maximum atomic E-state index is 13.7. The van der Waals surface area contributed by atoms with Gasteiger partial charge in [-0.2, -0.15) is 0 Å². The third-order valence-electron chi connectivity index (χ3n) is 6.06. The average molecular weight is 472 g/mol. The Bertz CT molecular complexity index is 1210. The van der Waals surface area contributed by atoms with Crippen molar-refractivity contribution in [1.82, 2.24) is 9.29 Å². The Kier molecular flexibility index (Phi) is 6.65. The number of nitrogens with zero attached hydrogens (tertiary/aromatic N) is 3. The molecule has 1 aromatic heterocycles. The summed E-state index contributed by atoms with van der Waals surface area (Å²) in [6.07, 6.45) is 1.07. The zero-order valence-corrected chi connectivity index (χ0v) is 20.4. The number of sulfonamides is 1. The molecular weight excluding hydrogens is 442 g/mol. The van der Waals surface area contributed by atoms with Gasteiger partial charge < -0.3 is 0 Å². The van der Waals surface area contributed by atoms with Gasteiger partial charge in [0.1, 0.15) is 0 Å². The van der Waals surface area contributed by atoms with Gasteiger partial charge in [-0.1, -0.05) is 47.7 Å². The SMILES string of the molecule is CCS(=O)(=O)N1CCC(C(=O)N(Cc2ccccc2)c2nc3c(C)cc(C)cc3s2)CC1. The highest BCUT2D eigenvalue weighted by Crippen LogP contribution is 2.34. The summed E-state index contributed by atoms with van der Waals surface area (Å²) in [5.41, 5.74) is 4.26. The number of amides is 1. The van der Waals surface area contributed by atoms with Gasteiger partial charge >= 0.3 is 0 Å². The summed E-state index contributed by atoms with van der Waals surface area (Å²) < 4.78 is 27.0. The van der Waals surface area contributed by atoms with Gasteiger partial charge in [0, 0.05) is 19.0 Å². The molecule has 1 aliphatic rings. The third kappa shape index (κ3) is 4.72. The van der Waals surface area contributed by atoms with Crippen LogP contribution in [0.25, 0.3) is 10.2 Å². The van der Waals surface area contributed by atoms with E-state index in [9.17, 15) is 13.2 Å². The average Bonchev–Trinajstić information content (AvgIpc) is 3.22. The van der Waals surface area contributed by atoms with E-state index in [1.54, 1.807) is 23.2 Å². The lowest BCUT2D eigenvalue weighted by Crippen LogP contribution is -2.44. The van der Waals surface area contributed by atoms with Gasteiger partial charge in [-0.25, -0.2) is 17.7 Å². The number of hydrogen-bond donors (Lipinski definition) is 0. The smallest absolute Gasteiger partial charge is 0.232 e. The standard InChI is InChI=1S/C24H29N3O3S2/c1-4-32(29,30)26-12-10-20(11-13-26)23(28)27(16-19-8-6-5-7-9-19)24-25-22-18(3)14-17(2)15-21(22)31-24/h5-9,14-15,20H,4,10-13,16H2,1-3H3. The van der Waals surface area contributed by atoms with Gasteiger partial charge in [0.25, 0.3) is 0 Å². The van der Waals surface area contributed by atoms with Gasteiger partial charge in [0.2, 0.25) is 15.9 Å². The van der Waals surface area contributed by atoms with Crippen molar-refractivity contribution in [3.8, 4) is 0 Å². The molecule has 3 aromatic rings. The van der Waals surface area contributed by atoms with Crippen LogP contribution in [0.4, 0.5) is 5.13 Å². The molecule has 4 rings (SSSR count). The van der Waals surface area contributed by atoms with Crippen LogP contribution >= 0.6 is 11.3 Å². The fourth-order valence-corrected chi connectivity index (χ4v) is 6.54. The molecule has 1 fully saturated rings. The van der Waals surface area contributed by atoms with E-state index in [0.717, 1.165) is 21.3 Å². The van der Waals surface area contributed by atoms with Crippen molar-refractivity contribution in [3.05, 3.63) is 59.2 Å². The summed E-state index contributed by atoms with van der Waals surface area (Å²) in [7, 11) is -3.22. The summed E-state index contributed by atoms with van der Waals surface area (Å²) in [4.78, 5) is 20.3. The predicted octanol–water partition coefficient (Wildman–Crippen LogP) is 4.51. The van der Waals surface area contributed by atoms with Crippen LogP contribution in [0.5, 0.6) is 0 Å². The molecule has 8 heteroatoms. The molecule has 0 atom stereocenters. The number of anilines is 1. The van der Waals surface area contributed by atoms with Crippen LogP contribution in [0.2, 0.25) is 0 Å². The van der Waals surface area contributed by atoms with Crippen molar-refractivity contribution in [3.63, 3.8) is 0 Å². The molecule has 1 aliphatic heterocycles. The quantitative estimate of drug-likeness (QED) is 0.530. The third-order valence-corrected chi connectivity index (χ3v) is 8.97. The number of hydrogen-bond acceptors (Lipinski definition) is 5. The molecule has 2 aromatic carbocycles. The Morgan fingerprint density at radius 3 is 2.50 bits per heavy atom. The zero-order valence-electron chi connectivity index (χ0n) is 18.7. The van der Waals surface area contributed by atoms with E-state index in [0.29, 0.717) is 37.6 Å². The van der Waals surface area contributed by atoms with Crippen LogP contribution in [0.1, 0.15) is 36.5 Å². The number of benzene rings is 2. The number of aromatic nitrogens is 1. The number of thiazole rings is 1. The number of fused-ring (bicyclic) bond motifs is 1. The fourth-order valence-electron chi connectivity index (χ4n) is 4.26. The van der Waals surface area contributed by atoms with E-state index < -0.39 is 10.0 Å². The van der Waals surface area contributed by atoms with E-state index >= 15 is 0 Å². The van der Waals surface area contributed by atoms with Crippen LogP contribution < -0.4 is 4.90 Å². The summed E-state index contributed by atoms with van der Waals surface area (Å²) in [6.45, 7) is 7.01. The molecule has 0 bridgehead atoms. The molecule has 170 valence electrons. The maximum Gasteiger partial charge on any atom is 0.232 e. The molecule has 0 N–H and O–H groups in total. The minimum atomic E-state index is -3.22. The highest BCUT2D eigenvalue weighted by atomic mass is 32.2. The van der Waals surface area contributed by atoms with Gasteiger partial charge in [0.05, 0.1) is 22.5 Å². The first-order valence-electron chi connectivity index (χ1n) is 11.0. The molecule has 0 saturated carbocycles. The van der Waals surface area contributed by atoms with Crippen molar-refractivity contribution in [2.45, 2.75) is 40.2 Å². The van der Waals surface area contributed by atoms with E-state index in [4.69, 9.17) is 4.98 Å². The lowest BCUT2D eigenvalue weighted by Gasteiger charge is -2.32. The number of aryl methyl sites for hydroxylation is 2. The second kappa shape index (κ2) is 9.29. The summed E-state index contributed by atoms with van der Waals surface area (Å²) in [5, 5.41) is 0.700. The summed E-state index contributed by atoms with van der Waals surface area (Å²) >= 11 is 1.54. The first kappa shape index (κ1) is 22.9. The normalized spacial score (nSPS) is 15.8. The number of carbonyl (C=O) groups is 1. The number of rotatable bonds is 6. The largest absolute Gasteiger partial charge is 0.283 e. The Labute approximate surface area is 193 Å². The topological polar surface area (TPSA) is 70.6 Å². The first-order valence-corrected chi connectivity index (χ1v) is 13.4. The predicted molar refractivity (Wildman–Crippen MR) is 130 cm³/mol. The van der Waals surface area contributed by atoms with E-state index in [1.165, 1.54) is 9.87 Å². The zero-order chi connectivity index (χ0) is 22.9. The van der Waals surface area contributed by atoms with E-state index in [-0.39, 0.29) is 17.6 Å².